The van der Waals surface area contributed by atoms with E-state index in [9.17, 15) is 17.6 Å². The van der Waals surface area contributed by atoms with Gasteiger partial charge in [-0.05, 0) is 12.8 Å². The summed E-state index contributed by atoms with van der Waals surface area (Å²) in [5.74, 6) is -2.26. The van der Waals surface area contributed by atoms with Crippen LogP contribution in [0.5, 0.6) is 0 Å². The van der Waals surface area contributed by atoms with E-state index in [-0.39, 0.29) is 0 Å². The molecule has 0 radical (unpaired) electrons. The minimum atomic E-state index is -4.86. The Labute approximate surface area is 101 Å². The van der Waals surface area contributed by atoms with Crippen molar-refractivity contribution in [2.24, 2.45) is 0 Å². The van der Waals surface area contributed by atoms with E-state index < -0.39 is 12.0 Å². The van der Waals surface area contributed by atoms with Crippen molar-refractivity contribution in [1.29, 1.82) is 0 Å². The Morgan fingerprint density at radius 1 is 1.06 bits per heavy atom. The van der Waals surface area contributed by atoms with Crippen molar-refractivity contribution >= 4 is 0 Å². The molecule has 0 fully saturated rings. The predicted molar refractivity (Wildman–Crippen MR) is 64.5 cm³/mol. The quantitative estimate of drug-likeness (QED) is 0.299. The van der Waals surface area contributed by atoms with Crippen molar-refractivity contribution in [2.75, 3.05) is 0 Å². The molecular weight excluding hydrogens is 232 g/mol. The van der Waals surface area contributed by atoms with Crippen molar-refractivity contribution < 1.29 is 17.6 Å². The van der Waals surface area contributed by atoms with Crippen LogP contribution in [0.15, 0.2) is 25.1 Å². The highest BCUT2D eigenvalue weighted by molar-refractivity contribution is 4.88. The van der Waals surface area contributed by atoms with Crippen molar-refractivity contribution in [3.8, 4) is 0 Å². The van der Waals surface area contributed by atoms with Gasteiger partial charge in [-0.25, -0.2) is 4.39 Å². The van der Waals surface area contributed by atoms with Crippen molar-refractivity contribution in [3.63, 3.8) is 0 Å². The van der Waals surface area contributed by atoms with Gasteiger partial charge in [0.05, 0.1) is 0 Å². The van der Waals surface area contributed by atoms with E-state index >= 15 is 0 Å². The van der Waals surface area contributed by atoms with Gasteiger partial charge < -0.3 is 0 Å². The lowest BCUT2D eigenvalue weighted by atomic mass is 10.1. The topological polar surface area (TPSA) is 0 Å². The smallest absolute Gasteiger partial charge is 0.202 e. The van der Waals surface area contributed by atoms with Crippen molar-refractivity contribution in [1.82, 2.24) is 0 Å². The van der Waals surface area contributed by atoms with E-state index in [0.717, 1.165) is 0 Å². The van der Waals surface area contributed by atoms with Gasteiger partial charge in [0.1, 0.15) is 0 Å². The van der Waals surface area contributed by atoms with Gasteiger partial charge in [0.15, 0.2) is 5.83 Å². The maximum absolute atomic E-state index is 10.9. The average molecular weight is 254 g/mol. The number of alkyl halides is 3. The molecule has 102 valence electrons. The Hall–Kier alpha value is -0.800. The number of unbranched alkanes of at least 4 members (excludes halogenated alkanes) is 6. The molecule has 0 aliphatic rings. The molecule has 0 rings (SSSR count). The third-order valence-corrected chi connectivity index (χ3v) is 2.07. The van der Waals surface area contributed by atoms with E-state index in [2.05, 4.69) is 13.5 Å². The first-order chi connectivity index (χ1) is 7.86. The van der Waals surface area contributed by atoms with E-state index in [4.69, 9.17) is 0 Å². The number of hydrogen-bond acceptors (Lipinski definition) is 0. The van der Waals surface area contributed by atoms with Crippen LogP contribution in [-0.4, -0.2) is 6.18 Å². The maximum Gasteiger partial charge on any atom is 0.442 e. The number of hydrogen-bond donors (Lipinski definition) is 0. The molecule has 0 nitrogen and oxygen atoms in total. The summed E-state index contributed by atoms with van der Waals surface area (Å²) in [6, 6.07) is 0. The van der Waals surface area contributed by atoms with Gasteiger partial charge in [0.25, 0.3) is 0 Å². The summed E-state index contributed by atoms with van der Waals surface area (Å²) >= 11 is 0. The highest BCUT2D eigenvalue weighted by atomic mass is 19.4. The molecule has 0 amide bonds. The molecular formula is C13H22F4. The minimum absolute atomic E-state index is 1.20. The molecule has 0 aromatic heterocycles. The van der Waals surface area contributed by atoms with Crippen LogP contribution in [0.25, 0.3) is 0 Å². The normalized spacial score (nSPS) is 10.4. The lowest BCUT2D eigenvalue weighted by Crippen LogP contribution is -2.05. The van der Waals surface area contributed by atoms with Crippen LogP contribution in [0, 0.1) is 0 Å². The second-order valence-corrected chi connectivity index (χ2v) is 3.75. The van der Waals surface area contributed by atoms with E-state index in [1.807, 2.05) is 12.7 Å². The summed E-state index contributed by atoms with van der Waals surface area (Å²) in [5, 5.41) is 0. The zero-order valence-corrected chi connectivity index (χ0v) is 10.5. The molecule has 0 heterocycles. The first-order valence-electron chi connectivity index (χ1n) is 5.88. The molecule has 0 aromatic rings. The van der Waals surface area contributed by atoms with Crippen LogP contribution in [0.1, 0.15) is 51.9 Å². The van der Waals surface area contributed by atoms with Gasteiger partial charge in [0, 0.05) is 0 Å². The van der Waals surface area contributed by atoms with E-state index in [1.165, 1.54) is 44.9 Å². The SMILES string of the molecule is C=C(F)C(F)(F)F.C=CCCCCCCCC. The third kappa shape index (κ3) is 17.8. The molecule has 0 spiro atoms. The zero-order chi connectivity index (χ0) is 13.7. The molecule has 0 atom stereocenters. The highest BCUT2D eigenvalue weighted by Crippen LogP contribution is 2.23. The zero-order valence-electron chi connectivity index (χ0n) is 10.5. The summed E-state index contributed by atoms with van der Waals surface area (Å²) in [7, 11) is 0. The molecule has 0 bridgehead atoms. The van der Waals surface area contributed by atoms with Gasteiger partial charge in [0.2, 0.25) is 0 Å². The standard InChI is InChI=1S/C10H20.C3H2F4/c1-3-5-7-9-10-8-6-4-2;1-2(4)3(5,6)7/h3H,1,4-10H2,2H3;1H2. The average Bonchev–Trinajstić information content (AvgIpc) is 2.23. The fraction of sp³-hybridized carbons (Fsp3) is 0.692. The predicted octanol–water partition coefficient (Wildman–Crippen LogP) is 5.95. The third-order valence-electron chi connectivity index (χ3n) is 2.07. The lowest BCUT2D eigenvalue weighted by Gasteiger charge is -1.97. The highest BCUT2D eigenvalue weighted by Gasteiger charge is 2.32. The Balaban J connectivity index is 0. The van der Waals surface area contributed by atoms with Gasteiger partial charge >= 0.3 is 6.18 Å². The van der Waals surface area contributed by atoms with Crippen molar-refractivity contribution in [2.45, 2.75) is 58.0 Å². The van der Waals surface area contributed by atoms with Crippen LogP contribution in [-0.2, 0) is 0 Å². The molecule has 0 aliphatic carbocycles. The van der Waals surface area contributed by atoms with E-state index in [0.29, 0.717) is 0 Å². The maximum atomic E-state index is 10.9. The number of halogens is 4. The first kappa shape index (κ1) is 18.6. The summed E-state index contributed by atoms with van der Waals surface area (Å²) in [6.45, 7) is 7.98. The molecule has 0 saturated heterocycles. The molecule has 0 aromatic carbocycles. The summed E-state index contributed by atoms with van der Waals surface area (Å²) < 4.78 is 43.0. The largest absolute Gasteiger partial charge is 0.442 e. The number of allylic oxidation sites excluding steroid dienone is 2. The van der Waals surface area contributed by atoms with Crippen LogP contribution in [0.2, 0.25) is 0 Å². The minimum Gasteiger partial charge on any atom is -0.202 e. The molecule has 0 saturated carbocycles. The van der Waals surface area contributed by atoms with Crippen LogP contribution in [0.4, 0.5) is 17.6 Å². The van der Waals surface area contributed by atoms with Crippen LogP contribution < -0.4 is 0 Å². The second-order valence-electron chi connectivity index (χ2n) is 3.75. The summed E-state index contributed by atoms with van der Waals surface area (Å²) in [6.07, 6.45) is 6.69. The Bertz CT molecular complexity index is 194. The Morgan fingerprint density at radius 2 is 1.47 bits per heavy atom. The first-order valence-corrected chi connectivity index (χ1v) is 5.88. The number of rotatable bonds is 7. The Morgan fingerprint density at radius 3 is 1.82 bits per heavy atom. The van der Waals surface area contributed by atoms with Gasteiger partial charge in [-0.3, -0.25) is 0 Å². The monoisotopic (exact) mass is 254 g/mol. The molecule has 0 aliphatic heterocycles. The van der Waals surface area contributed by atoms with Crippen LogP contribution in [0.3, 0.4) is 0 Å². The molecule has 0 N–H and O–H groups in total. The van der Waals surface area contributed by atoms with E-state index in [1.54, 1.807) is 0 Å². The summed E-state index contributed by atoms with van der Waals surface area (Å²) in [5.41, 5.74) is 0. The molecule has 17 heavy (non-hydrogen) atoms. The summed E-state index contributed by atoms with van der Waals surface area (Å²) in [4.78, 5) is 0. The van der Waals surface area contributed by atoms with Gasteiger partial charge in [-0.1, -0.05) is 51.7 Å². The lowest BCUT2D eigenvalue weighted by molar-refractivity contribution is -0.108. The van der Waals surface area contributed by atoms with Crippen molar-refractivity contribution in [3.05, 3.63) is 25.1 Å². The molecule has 4 heteroatoms. The van der Waals surface area contributed by atoms with Gasteiger partial charge in [-0.15, -0.1) is 6.58 Å². The fourth-order valence-electron chi connectivity index (χ4n) is 1.07. The second kappa shape index (κ2) is 11.7. The molecule has 0 unspecified atom stereocenters. The van der Waals surface area contributed by atoms with Crippen LogP contribution >= 0.6 is 0 Å². The Kier molecular flexibility index (Phi) is 12.8. The van der Waals surface area contributed by atoms with Gasteiger partial charge in [-0.2, -0.15) is 13.2 Å². The fourth-order valence-corrected chi connectivity index (χ4v) is 1.07.